The number of hydrogen-bond donors (Lipinski definition) is 1. The van der Waals surface area contributed by atoms with Gasteiger partial charge in [-0.25, -0.2) is 8.42 Å². The Morgan fingerprint density at radius 2 is 1.64 bits per heavy atom. The highest BCUT2D eigenvalue weighted by atomic mass is 79.9. The van der Waals surface area contributed by atoms with Crippen LogP contribution in [0.3, 0.4) is 0 Å². The molecule has 0 bridgehead atoms. The van der Waals surface area contributed by atoms with Crippen LogP contribution in [-0.2, 0) is 26.2 Å². The molecule has 0 aromatic heterocycles. The van der Waals surface area contributed by atoms with Crippen molar-refractivity contribution in [3.05, 3.63) is 88.9 Å². The number of nitrogens with zero attached hydrogens (tertiary/aromatic N) is 2. The van der Waals surface area contributed by atoms with Crippen LogP contribution in [0.5, 0.6) is 5.75 Å². The van der Waals surface area contributed by atoms with Gasteiger partial charge in [-0.1, -0.05) is 59.3 Å². The number of sulfonamides is 1. The SMILES string of the molecule is CC[C@H](C(=O)NC(C)C)N(Cc1ccc(OC)cc1)C(=O)CN(c1cccc(Br)c1)S(=O)(=O)c1ccccc1. The second-order valence-corrected chi connectivity index (χ2v) is 12.0. The Morgan fingerprint density at radius 1 is 0.974 bits per heavy atom. The minimum Gasteiger partial charge on any atom is -0.497 e. The first-order chi connectivity index (χ1) is 18.6. The molecule has 0 fully saturated rings. The third kappa shape index (κ3) is 7.83. The van der Waals surface area contributed by atoms with Crippen LogP contribution in [0.1, 0.15) is 32.8 Å². The Kier molecular flexibility index (Phi) is 10.5. The van der Waals surface area contributed by atoms with Crippen molar-refractivity contribution in [1.29, 1.82) is 0 Å². The number of rotatable bonds is 12. The van der Waals surface area contributed by atoms with Crippen molar-refractivity contribution >= 4 is 43.5 Å². The number of carbonyl (C=O) groups excluding carboxylic acids is 2. The predicted octanol–water partition coefficient (Wildman–Crippen LogP) is 4.99. The summed E-state index contributed by atoms with van der Waals surface area (Å²) in [5.74, 6) is -0.138. The van der Waals surface area contributed by atoms with Gasteiger partial charge < -0.3 is 15.0 Å². The topological polar surface area (TPSA) is 96.0 Å². The van der Waals surface area contributed by atoms with Crippen molar-refractivity contribution in [3.63, 3.8) is 0 Å². The maximum absolute atomic E-state index is 14.0. The van der Waals surface area contributed by atoms with Gasteiger partial charge >= 0.3 is 0 Å². The maximum atomic E-state index is 14.0. The lowest BCUT2D eigenvalue weighted by molar-refractivity contribution is -0.140. The van der Waals surface area contributed by atoms with Gasteiger partial charge in [0.25, 0.3) is 10.0 Å². The van der Waals surface area contributed by atoms with Gasteiger partial charge in [0.1, 0.15) is 18.3 Å². The Hall–Kier alpha value is -3.37. The highest BCUT2D eigenvalue weighted by Gasteiger charge is 2.33. The fourth-order valence-corrected chi connectivity index (χ4v) is 5.92. The number of amides is 2. The zero-order chi connectivity index (χ0) is 28.6. The second kappa shape index (κ2) is 13.6. The Bertz CT molecular complexity index is 1370. The number of halogens is 1. The Labute approximate surface area is 239 Å². The molecule has 0 radical (unpaired) electrons. The molecule has 2 amide bonds. The molecule has 1 atom stereocenters. The molecule has 10 heteroatoms. The van der Waals surface area contributed by atoms with Crippen LogP contribution in [0.15, 0.2) is 88.2 Å². The van der Waals surface area contributed by atoms with Crippen molar-refractivity contribution in [1.82, 2.24) is 10.2 Å². The number of benzene rings is 3. The first-order valence-corrected chi connectivity index (χ1v) is 14.9. The first-order valence-electron chi connectivity index (χ1n) is 12.6. The summed E-state index contributed by atoms with van der Waals surface area (Å²) in [7, 11) is -2.54. The number of carbonyl (C=O) groups is 2. The first kappa shape index (κ1) is 30.2. The number of hydrogen-bond acceptors (Lipinski definition) is 5. The number of ether oxygens (including phenoxy) is 1. The van der Waals surface area contributed by atoms with E-state index in [0.29, 0.717) is 22.3 Å². The van der Waals surface area contributed by atoms with Gasteiger partial charge in [0.15, 0.2) is 0 Å². The Balaban J connectivity index is 2.04. The summed E-state index contributed by atoms with van der Waals surface area (Å²) >= 11 is 3.40. The van der Waals surface area contributed by atoms with Crippen LogP contribution in [0.2, 0.25) is 0 Å². The van der Waals surface area contributed by atoms with E-state index in [-0.39, 0.29) is 23.4 Å². The summed E-state index contributed by atoms with van der Waals surface area (Å²) in [4.78, 5) is 28.7. The fraction of sp³-hybridized carbons (Fsp3) is 0.310. The van der Waals surface area contributed by atoms with Gasteiger partial charge in [0.05, 0.1) is 17.7 Å². The van der Waals surface area contributed by atoms with Gasteiger partial charge in [-0.2, -0.15) is 0 Å². The summed E-state index contributed by atoms with van der Waals surface area (Å²) < 4.78 is 34.6. The van der Waals surface area contributed by atoms with Gasteiger partial charge in [0.2, 0.25) is 11.8 Å². The van der Waals surface area contributed by atoms with E-state index in [1.807, 2.05) is 32.9 Å². The molecule has 208 valence electrons. The number of nitrogens with one attached hydrogen (secondary N) is 1. The molecule has 3 rings (SSSR count). The van der Waals surface area contributed by atoms with E-state index in [9.17, 15) is 18.0 Å². The fourth-order valence-electron chi connectivity index (χ4n) is 4.11. The molecule has 0 saturated heterocycles. The van der Waals surface area contributed by atoms with Crippen molar-refractivity contribution in [2.75, 3.05) is 18.0 Å². The second-order valence-electron chi connectivity index (χ2n) is 9.26. The largest absolute Gasteiger partial charge is 0.497 e. The van der Waals surface area contributed by atoms with Crippen LogP contribution >= 0.6 is 15.9 Å². The lowest BCUT2D eigenvalue weighted by atomic mass is 10.1. The molecule has 0 aliphatic heterocycles. The van der Waals surface area contributed by atoms with Crippen LogP contribution < -0.4 is 14.4 Å². The molecule has 1 N–H and O–H groups in total. The quantitative estimate of drug-likeness (QED) is 0.310. The molecule has 3 aromatic rings. The summed E-state index contributed by atoms with van der Waals surface area (Å²) in [6, 6.07) is 21.0. The molecule has 39 heavy (non-hydrogen) atoms. The van der Waals surface area contributed by atoms with Gasteiger partial charge in [-0.05, 0) is 68.3 Å². The monoisotopic (exact) mass is 615 g/mol. The number of methoxy groups -OCH3 is 1. The zero-order valence-corrected chi connectivity index (χ0v) is 24.9. The highest BCUT2D eigenvalue weighted by Crippen LogP contribution is 2.27. The molecule has 0 unspecified atom stereocenters. The molecule has 0 aliphatic carbocycles. The maximum Gasteiger partial charge on any atom is 0.264 e. The molecule has 8 nitrogen and oxygen atoms in total. The molecule has 0 aliphatic rings. The summed E-state index contributed by atoms with van der Waals surface area (Å²) in [5, 5.41) is 2.89. The third-order valence-electron chi connectivity index (χ3n) is 6.04. The van der Waals surface area contributed by atoms with Crippen LogP contribution in [-0.4, -0.2) is 50.9 Å². The van der Waals surface area contributed by atoms with E-state index in [0.717, 1.165) is 9.87 Å². The minimum absolute atomic E-state index is 0.0593. The van der Waals surface area contributed by atoms with Gasteiger partial charge in [-0.3, -0.25) is 13.9 Å². The lowest BCUT2D eigenvalue weighted by Crippen LogP contribution is -2.53. The van der Waals surface area contributed by atoms with Gasteiger partial charge in [-0.15, -0.1) is 0 Å². The molecular weight excluding hydrogens is 582 g/mol. The van der Waals surface area contributed by atoms with Crippen LogP contribution in [0.25, 0.3) is 0 Å². The van der Waals surface area contributed by atoms with Crippen LogP contribution in [0, 0.1) is 0 Å². The van der Waals surface area contributed by atoms with E-state index >= 15 is 0 Å². The van der Waals surface area contributed by atoms with Crippen molar-refractivity contribution in [3.8, 4) is 5.75 Å². The normalized spacial score (nSPS) is 12.1. The average molecular weight is 617 g/mol. The average Bonchev–Trinajstić information content (AvgIpc) is 2.91. The zero-order valence-electron chi connectivity index (χ0n) is 22.5. The molecular formula is C29H34BrN3O5S. The highest BCUT2D eigenvalue weighted by molar-refractivity contribution is 9.10. The molecule has 0 heterocycles. The summed E-state index contributed by atoms with van der Waals surface area (Å²) in [6.07, 6.45) is 0.350. The summed E-state index contributed by atoms with van der Waals surface area (Å²) in [6.45, 7) is 5.15. The van der Waals surface area contributed by atoms with E-state index in [1.54, 1.807) is 61.7 Å². The molecule has 0 spiro atoms. The van der Waals surface area contributed by atoms with Crippen LogP contribution in [0.4, 0.5) is 5.69 Å². The standard InChI is InChI=1S/C29H34BrN3O5S/c1-5-27(29(35)31-21(2)3)32(19-22-14-16-25(38-4)17-15-22)28(34)20-33(24-11-9-10-23(30)18-24)39(36,37)26-12-7-6-8-13-26/h6-18,21,27H,5,19-20H2,1-4H3,(H,31,35)/t27-/m1/s1. The Morgan fingerprint density at radius 3 is 2.21 bits per heavy atom. The van der Waals surface area contributed by atoms with E-state index in [2.05, 4.69) is 21.2 Å². The smallest absolute Gasteiger partial charge is 0.264 e. The predicted molar refractivity (Wildman–Crippen MR) is 156 cm³/mol. The summed E-state index contributed by atoms with van der Waals surface area (Å²) in [5.41, 5.74) is 1.10. The van der Waals surface area contributed by atoms with Crippen molar-refractivity contribution in [2.24, 2.45) is 0 Å². The number of anilines is 1. The molecule has 0 saturated carbocycles. The van der Waals surface area contributed by atoms with Crippen molar-refractivity contribution in [2.45, 2.75) is 50.7 Å². The van der Waals surface area contributed by atoms with Crippen molar-refractivity contribution < 1.29 is 22.7 Å². The minimum atomic E-state index is -4.11. The lowest BCUT2D eigenvalue weighted by Gasteiger charge is -2.33. The molecule has 3 aromatic carbocycles. The van der Waals surface area contributed by atoms with E-state index in [4.69, 9.17) is 4.74 Å². The van der Waals surface area contributed by atoms with E-state index < -0.39 is 28.5 Å². The third-order valence-corrected chi connectivity index (χ3v) is 8.32. The van der Waals surface area contributed by atoms with Gasteiger partial charge in [0, 0.05) is 17.1 Å². The van der Waals surface area contributed by atoms with E-state index in [1.165, 1.54) is 17.0 Å².